The molecule has 0 radical (unpaired) electrons. The maximum Gasteiger partial charge on any atom is 0.253 e. The predicted octanol–water partition coefficient (Wildman–Crippen LogP) is 2.57. The fourth-order valence-corrected chi connectivity index (χ4v) is 5.14. The number of ether oxygens (including phenoxy) is 1. The van der Waals surface area contributed by atoms with Crippen molar-refractivity contribution in [3.8, 4) is 5.75 Å². The van der Waals surface area contributed by atoms with Gasteiger partial charge in [0.25, 0.3) is 5.56 Å². The molecule has 3 aromatic rings. The zero-order valence-electron chi connectivity index (χ0n) is 18.4. The van der Waals surface area contributed by atoms with Crippen LogP contribution in [-0.2, 0) is 0 Å². The molecule has 3 heterocycles. The predicted molar refractivity (Wildman–Crippen MR) is 120 cm³/mol. The van der Waals surface area contributed by atoms with Crippen LogP contribution in [0.2, 0.25) is 0 Å². The van der Waals surface area contributed by atoms with Gasteiger partial charge in [-0.1, -0.05) is 19.3 Å². The Hall–Kier alpha value is -2.78. The van der Waals surface area contributed by atoms with Gasteiger partial charge in [-0.3, -0.25) is 9.69 Å². The summed E-state index contributed by atoms with van der Waals surface area (Å²) in [6.07, 6.45) is 6.73. The third kappa shape index (κ3) is 4.02. The fourth-order valence-electron chi connectivity index (χ4n) is 5.14. The highest BCUT2D eigenvalue weighted by atomic mass is 16.5. The van der Waals surface area contributed by atoms with Gasteiger partial charge in [0.15, 0.2) is 5.82 Å². The van der Waals surface area contributed by atoms with Crippen molar-refractivity contribution in [2.45, 2.75) is 63.1 Å². The van der Waals surface area contributed by atoms with Crippen LogP contribution in [0, 0.1) is 0 Å². The molecule has 1 aliphatic carbocycles. The van der Waals surface area contributed by atoms with Crippen LogP contribution >= 0.6 is 0 Å². The van der Waals surface area contributed by atoms with Crippen molar-refractivity contribution >= 4 is 10.9 Å². The lowest BCUT2D eigenvalue weighted by atomic mass is 9.94. The summed E-state index contributed by atoms with van der Waals surface area (Å²) in [5.74, 6) is 1.41. The average Bonchev–Trinajstić information content (AvgIpc) is 3.30. The Morgan fingerprint density at radius 1 is 1.12 bits per heavy atom. The van der Waals surface area contributed by atoms with Gasteiger partial charge in [0, 0.05) is 24.7 Å². The highest BCUT2D eigenvalue weighted by Gasteiger charge is 2.34. The SMILES string of the molecule is COc1ccc2cc(C(c3nnnn3C3CCCCC3)N3CCC(O)CC3)c(=O)[nH]c2c1. The Morgan fingerprint density at radius 2 is 1.91 bits per heavy atom. The fraction of sp³-hybridized carbons (Fsp3) is 0.565. The van der Waals surface area contributed by atoms with Crippen molar-refractivity contribution in [3.05, 3.63) is 46.0 Å². The summed E-state index contributed by atoms with van der Waals surface area (Å²) in [6.45, 7) is 1.37. The summed E-state index contributed by atoms with van der Waals surface area (Å²) in [5, 5.41) is 23.8. The molecule has 2 fully saturated rings. The number of methoxy groups -OCH3 is 1. The molecule has 0 spiro atoms. The number of pyridine rings is 1. The van der Waals surface area contributed by atoms with E-state index in [2.05, 4.69) is 25.4 Å². The van der Waals surface area contributed by atoms with Crippen LogP contribution in [0.15, 0.2) is 29.1 Å². The van der Waals surface area contributed by atoms with Gasteiger partial charge in [-0.2, -0.15) is 0 Å². The normalized spacial score (nSPS) is 19.9. The average molecular weight is 439 g/mol. The molecule has 1 aliphatic heterocycles. The molecule has 5 rings (SSSR count). The third-order valence-electron chi connectivity index (χ3n) is 6.92. The van der Waals surface area contributed by atoms with E-state index < -0.39 is 0 Å². The van der Waals surface area contributed by atoms with Gasteiger partial charge in [0.05, 0.1) is 24.8 Å². The van der Waals surface area contributed by atoms with Crippen LogP contribution in [0.5, 0.6) is 5.75 Å². The van der Waals surface area contributed by atoms with Gasteiger partial charge in [-0.05, 0) is 59.7 Å². The Labute approximate surface area is 186 Å². The number of nitrogens with one attached hydrogen (secondary N) is 1. The first kappa shape index (κ1) is 21.1. The van der Waals surface area contributed by atoms with Crippen LogP contribution in [0.4, 0.5) is 0 Å². The Kier molecular flexibility index (Phi) is 5.93. The number of aromatic amines is 1. The van der Waals surface area contributed by atoms with Gasteiger partial charge in [-0.25, -0.2) is 4.68 Å². The van der Waals surface area contributed by atoms with Crippen LogP contribution in [0.1, 0.15) is 68.4 Å². The largest absolute Gasteiger partial charge is 0.497 e. The number of piperidine rings is 1. The molecule has 32 heavy (non-hydrogen) atoms. The van der Waals surface area contributed by atoms with Crippen molar-refractivity contribution in [1.82, 2.24) is 30.1 Å². The number of aromatic nitrogens is 5. The number of H-pyrrole nitrogens is 1. The highest BCUT2D eigenvalue weighted by molar-refractivity contribution is 5.80. The molecule has 1 saturated heterocycles. The number of rotatable bonds is 5. The maximum absolute atomic E-state index is 13.3. The second-order valence-corrected chi connectivity index (χ2v) is 8.95. The van der Waals surface area contributed by atoms with Gasteiger partial charge in [0.1, 0.15) is 11.8 Å². The third-order valence-corrected chi connectivity index (χ3v) is 6.92. The first-order valence-corrected chi connectivity index (χ1v) is 11.5. The Bertz CT molecular complexity index is 1130. The van der Waals surface area contributed by atoms with E-state index in [1.54, 1.807) is 7.11 Å². The first-order chi connectivity index (χ1) is 15.6. The summed E-state index contributed by atoms with van der Waals surface area (Å²) in [4.78, 5) is 18.6. The van der Waals surface area contributed by atoms with E-state index in [1.807, 2.05) is 28.9 Å². The van der Waals surface area contributed by atoms with E-state index in [1.165, 1.54) is 19.3 Å². The number of tetrazole rings is 1. The number of aliphatic hydroxyl groups is 1. The standard InChI is InChI=1S/C23H30N6O3/c1-32-18-8-7-15-13-19(23(31)24-20(15)14-18)21(28-11-9-17(30)10-12-28)22-25-26-27-29(22)16-5-3-2-4-6-16/h7-8,13-14,16-17,21,30H,2-6,9-12H2,1H3,(H,24,31). The maximum atomic E-state index is 13.3. The zero-order chi connectivity index (χ0) is 22.1. The second kappa shape index (κ2) is 8.99. The van der Waals surface area contributed by atoms with Crippen LogP contribution in [0.25, 0.3) is 10.9 Å². The molecule has 170 valence electrons. The Morgan fingerprint density at radius 3 is 2.66 bits per heavy atom. The minimum Gasteiger partial charge on any atom is -0.497 e. The number of hydrogen-bond acceptors (Lipinski definition) is 7. The van der Waals surface area contributed by atoms with Crippen molar-refractivity contribution in [1.29, 1.82) is 0 Å². The van der Waals surface area contributed by atoms with E-state index in [0.717, 1.165) is 23.7 Å². The smallest absolute Gasteiger partial charge is 0.253 e. The topological polar surface area (TPSA) is 109 Å². The molecule has 2 aliphatic rings. The second-order valence-electron chi connectivity index (χ2n) is 8.95. The molecular formula is C23H30N6O3. The van der Waals surface area contributed by atoms with Crippen molar-refractivity contribution < 1.29 is 9.84 Å². The van der Waals surface area contributed by atoms with Gasteiger partial charge < -0.3 is 14.8 Å². The summed E-state index contributed by atoms with van der Waals surface area (Å²) in [6, 6.07) is 7.52. The highest BCUT2D eigenvalue weighted by Crippen LogP contribution is 2.34. The molecule has 1 aromatic carbocycles. The van der Waals surface area contributed by atoms with Crippen molar-refractivity contribution in [2.24, 2.45) is 0 Å². The summed E-state index contributed by atoms with van der Waals surface area (Å²) in [7, 11) is 1.61. The minimum atomic E-state index is -0.366. The van der Waals surface area contributed by atoms with Gasteiger partial charge in [0.2, 0.25) is 0 Å². The number of hydrogen-bond donors (Lipinski definition) is 2. The van der Waals surface area contributed by atoms with E-state index in [9.17, 15) is 9.90 Å². The lowest BCUT2D eigenvalue weighted by Crippen LogP contribution is -2.42. The molecule has 2 aromatic heterocycles. The summed E-state index contributed by atoms with van der Waals surface area (Å²) in [5.41, 5.74) is 1.21. The van der Waals surface area contributed by atoms with E-state index >= 15 is 0 Å². The quantitative estimate of drug-likeness (QED) is 0.630. The molecule has 2 N–H and O–H groups in total. The van der Waals surface area contributed by atoms with Crippen LogP contribution in [-0.4, -0.2) is 61.5 Å². The summed E-state index contributed by atoms with van der Waals surface area (Å²) < 4.78 is 7.25. The van der Waals surface area contributed by atoms with Crippen LogP contribution < -0.4 is 10.3 Å². The molecular weight excluding hydrogens is 408 g/mol. The molecule has 1 atom stereocenters. The lowest BCUT2D eigenvalue weighted by Gasteiger charge is -2.36. The number of fused-ring (bicyclic) bond motifs is 1. The molecule has 0 amide bonds. The lowest BCUT2D eigenvalue weighted by molar-refractivity contribution is 0.0651. The molecule has 1 saturated carbocycles. The van der Waals surface area contributed by atoms with Gasteiger partial charge >= 0.3 is 0 Å². The van der Waals surface area contributed by atoms with Gasteiger partial charge in [-0.15, -0.1) is 5.10 Å². The molecule has 0 bridgehead atoms. The summed E-state index contributed by atoms with van der Waals surface area (Å²) >= 11 is 0. The molecule has 9 heteroatoms. The number of benzene rings is 1. The van der Waals surface area contributed by atoms with Crippen molar-refractivity contribution in [3.63, 3.8) is 0 Å². The number of likely N-dealkylation sites (tertiary alicyclic amines) is 1. The molecule has 1 unspecified atom stereocenters. The number of nitrogens with zero attached hydrogens (tertiary/aromatic N) is 5. The van der Waals surface area contributed by atoms with E-state index in [0.29, 0.717) is 43.1 Å². The van der Waals surface area contributed by atoms with E-state index in [4.69, 9.17) is 4.74 Å². The minimum absolute atomic E-state index is 0.153. The number of aliphatic hydroxyl groups excluding tert-OH is 1. The zero-order valence-corrected chi connectivity index (χ0v) is 18.4. The van der Waals surface area contributed by atoms with Crippen molar-refractivity contribution in [2.75, 3.05) is 20.2 Å². The molecule has 9 nitrogen and oxygen atoms in total. The first-order valence-electron chi connectivity index (χ1n) is 11.5. The van der Waals surface area contributed by atoms with Crippen LogP contribution in [0.3, 0.4) is 0 Å². The van der Waals surface area contributed by atoms with E-state index in [-0.39, 0.29) is 23.7 Å². The monoisotopic (exact) mass is 438 g/mol. The Balaban J connectivity index is 1.61.